The minimum Gasteiger partial charge on any atom is -0.598 e. The fraction of sp³-hybridized carbons (Fsp3) is 0.824. The molecule has 1 aliphatic carbocycles. The first-order chi connectivity index (χ1) is 10.4. The molecular formula is C17H32N2O3S. The second-order valence-electron chi connectivity index (χ2n) is 8.26. The van der Waals surface area contributed by atoms with Crippen LogP contribution >= 0.6 is 0 Å². The third-order valence-electron chi connectivity index (χ3n) is 3.64. The van der Waals surface area contributed by atoms with Crippen molar-refractivity contribution in [3.05, 3.63) is 12.7 Å². The molecule has 0 aromatic heterocycles. The fourth-order valence-corrected chi connectivity index (χ4v) is 3.21. The van der Waals surface area contributed by atoms with E-state index in [4.69, 9.17) is 4.74 Å². The molecule has 0 radical (unpaired) electrons. The summed E-state index contributed by atoms with van der Waals surface area (Å²) in [5, 5.41) is 2.89. The number of carbonyl (C=O) groups is 1. The van der Waals surface area contributed by atoms with Gasteiger partial charge in [0, 0.05) is 17.4 Å². The first-order valence-corrected chi connectivity index (χ1v) is 9.36. The number of amides is 1. The van der Waals surface area contributed by atoms with E-state index in [0.717, 1.165) is 19.3 Å². The predicted molar refractivity (Wildman–Crippen MR) is 95.5 cm³/mol. The predicted octanol–water partition coefficient (Wildman–Crippen LogP) is 3.29. The van der Waals surface area contributed by atoms with Crippen molar-refractivity contribution in [1.29, 1.82) is 0 Å². The summed E-state index contributed by atoms with van der Waals surface area (Å²) in [4.78, 5) is 11.7. The van der Waals surface area contributed by atoms with E-state index >= 15 is 0 Å². The average Bonchev–Trinajstić information content (AvgIpc) is 2.31. The van der Waals surface area contributed by atoms with Crippen LogP contribution in [0.2, 0.25) is 0 Å². The molecule has 6 heteroatoms. The summed E-state index contributed by atoms with van der Waals surface area (Å²) >= 11 is -1.10. The molecule has 0 saturated heterocycles. The lowest BCUT2D eigenvalue weighted by Crippen LogP contribution is -2.49. The number of hydrogen-bond acceptors (Lipinski definition) is 4. The molecule has 134 valence electrons. The summed E-state index contributed by atoms with van der Waals surface area (Å²) in [6.07, 6.45) is 4.20. The Morgan fingerprint density at radius 2 is 1.91 bits per heavy atom. The minimum absolute atomic E-state index is 0.0301. The van der Waals surface area contributed by atoms with Crippen LogP contribution in [0.15, 0.2) is 12.7 Å². The van der Waals surface area contributed by atoms with Crippen molar-refractivity contribution < 1.29 is 14.1 Å². The van der Waals surface area contributed by atoms with Crippen molar-refractivity contribution in [3.63, 3.8) is 0 Å². The molecule has 1 rings (SSSR count). The van der Waals surface area contributed by atoms with Gasteiger partial charge in [-0.3, -0.25) is 0 Å². The largest absolute Gasteiger partial charge is 0.598 e. The number of ether oxygens (including phenoxy) is 1. The Morgan fingerprint density at radius 1 is 1.35 bits per heavy atom. The van der Waals surface area contributed by atoms with Gasteiger partial charge in [0.1, 0.15) is 10.3 Å². The van der Waals surface area contributed by atoms with Gasteiger partial charge in [0.15, 0.2) is 0 Å². The van der Waals surface area contributed by atoms with E-state index in [1.165, 1.54) is 0 Å². The van der Waals surface area contributed by atoms with Crippen LogP contribution in [-0.2, 0) is 16.1 Å². The maximum Gasteiger partial charge on any atom is 0.407 e. The molecule has 0 heterocycles. The Labute approximate surface area is 143 Å². The summed E-state index contributed by atoms with van der Waals surface area (Å²) in [6, 6.07) is 0.205. The average molecular weight is 345 g/mol. The van der Waals surface area contributed by atoms with Gasteiger partial charge in [-0.05, 0) is 66.7 Å². The Kier molecular flexibility index (Phi) is 6.98. The molecule has 5 nitrogen and oxygen atoms in total. The molecule has 0 bridgehead atoms. The molecule has 0 unspecified atom stereocenters. The highest BCUT2D eigenvalue weighted by Crippen LogP contribution is 2.32. The van der Waals surface area contributed by atoms with Gasteiger partial charge in [-0.2, -0.15) is 0 Å². The zero-order valence-electron chi connectivity index (χ0n) is 15.3. The molecule has 0 aromatic carbocycles. The van der Waals surface area contributed by atoms with Gasteiger partial charge in [-0.1, -0.05) is 6.08 Å². The second-order valence-corrected chi connectivity index (χ2v) is 10.3. The zero-order chi connectivity index (χ0) is 17.8. The summed E-state index contributed by atoms with van der Waals surface area (Å²) in [5.41, 5.74) is -0.470. The summed E-state index contributed by atoms with van der Waals surface area (Å²) < 4.78 is 20.2. The van der Waals surface area contributed by atoms with Crippen molar-refractivity contribution in [2.24, 2.45) is 5.92 Å². The van der Waals surface area contributed by atoms with E-state index < -0.39 is 17.0 Å². The molecule has 0 spiro atoms. The molecule has 0 aromatic rings. The molecule has 2 N–H and O–H groups in total. The zero-order valence-corrected chi connectivity index (χ0v) is 16.1. The van der Waals surface area contributed by atoms with Gasteiger partial charge in [0.05, 0.1) is 6.04 Å². The van der Waals surface area contributed by atoms with Gasteiger partial charge in [0.2, 0.25) is 0 Å². The fourth-order valence-electron chi connectivity index (χ4n) is 2.39. The number of rotatable bonds is 6. The van der Waals surface area contributed by atoms with E-state index in [9.17, 15) is 9.35 Å². The monoisotopic (exact) mass is 344 g/mol. The van der Waals surface area contributed by atoms with Crippen molar-refractivity contribution in [1.82, 2.24) is 10.0 Å². The molecule has 1 aliphatic rings. The quantitative estimate of drug-likeness (QED) is 0.573. The summed E-state index contributed by atoms with van der Waals surface area (Å²) in [6.45, 7) is 15.2. The Morgan fingerprint density at radius 3 is 2.35 bits per heavy atom. The molecular weight excluding hydrogens is 312 g/mol. The molecule has 1 fully saturated rings. The molecule has 1 amide bonds. The molecule has 23 heavy (non-hydrogen) atoms. The third kappa shape index (κ3) is 7.59. The highest BCUT2D eigenvalue weighted by Gasteiger charge is 2.35. The Hall–Kier alpha value is -0.720. The molecule has 0 aliphatic heterocycles. The lowest BCUT2D eigenvalue weighted by molar-refractivity contribution is 0.0448. The minimum atomic E-state index is -1.10. The van der Waals surface area contributed by atoms with Crippen LogP contribution in [-0.4, -0.2) is 33.1 Å². The first-order valence-electron chi connectivity index (χ1n) is 8.21. The highest BCUT2D eigenvalue weighted by molar-refractivity contribution is 7.90. The maximum absolute atomic E-state index is 12.1. The third-order valence-corrected chi connectivity index (χ3v) is 5.27. The first kappa shape index (κ1) is 20.3. The van der Waals surface area contributed by atoms with Crippen LogP contribution in [0.4, 0.5) is 4.79 Å². The van der Waals surface area contributed by atoms with Crippen molar-refractivity contribution in [3.8, 4) is 0 Å². The van der Waals surface area contributed by atoms with E-state index in [0.29, 0.717) is 5.92 Å². The molecule has 2 atom stereocenters. The van der Waals surface area contributed by atoms with E-state index in [1.807, 2.05) is 47.6 Å². The van der Waals surface area contributed by atoms with Crippen LogP contribution in [0.25, 0.3) is 0 Å². The smallest absolute Gasteiger partial charge is 0.407 e. The normalized spacial score (nSPS) is 24.3. The van der Waals surface area contributed by atoms with Gasteiger partial charge in [-0.15, -0.1) is 11.3 Å². The number of hydrogen-bond donors (Lipinski definition) is 2. The van der Waals surface area contributed by atoms with Crippen molar-refractivity contribution >= 4 is 17.5 Å². The van der Waals surface area contributed by atoms with Gasteiger partial charge < -0.3 is 14.6 Å². The SMILES string of the molecule is C=C[C@@H](CC1CC(NC(=O)OC(C)(C)C)C1)N[S@@+]([O-])C(C)(C)C. The number of carbonyl (C=O) groups excluding carboxylic acids is 1. The number of alkyl carbamates (subject to hydrolysis) is 1. The second kappa shape index (κ2) is 7.90. The van der Waals surface area contributed by atoms with E-state index in [2.05, 4.69) is 16.6 Å². The Bertz CT molecular complexity index is 409. The summed E-state index contributed by atoms with van der Waals surface area (Å²) in [5.74, 6) is 0.502. The maximum atomic E-state index is 12.1. The topological polar surface area (TPSA) is 73.4 Å². The number of nitrogens with one attached hydrogen (secondary N) is 2. The lowest BCUT2D eigenvalue weighted by Gasteiger charge is -2.38. The van der Waals surface area contributed by atoms with Gasteiger partial charge in [0.25, 0.3) is 0 Å². The van der Waals surface area contributed by atoms with Crippen molar-refractivity contribution in [2.75, 3.05) is 0 Å². The summed E-state index contributed by atoms with van der Waals surface area (Å²) in [7, 11) is 0. The van der Waals surface area contributed by atoms with E-state index in [-0.39, 0.29) is 22.9 Å². The Balaban J connectivity index is 2.31. The van der Waals surface area contributed by atoms with Gasteiger partial charge in [-0.25, -0.2) is 4.79 Å². The van der Waals surface area contributed by atoms with Crippen molar-refractivity contribution in [2.45, 2.75) is 83.2 Å². The van der Waals surface area contributed by atoms with Crippen LogP contribution < -0.4 is 10.0 Å². The lowest BCUT2D eigenvalue weighted by atomic mass is 9.77. The molecule has 1 saturated carbocycles. The van der Waals surface area contributed by atoms with Gasteiger partial charge >= 0.3 is 6.09 Å². The van der Waals surface area contributed by atoms with Crippen LogP contribution in [0.1, 0.15) is 60.8 Å². The standard InChI is InChI=1S/C17H32N2O3S/c1-8-13(19-23(21)17(5,6)7)9-12-10-14(11-12)18-15(20)22-16(2,3)4/h8,12-14,19H,1,9-11H2,2-7H3,(H,18,20)/t12?,13-,14?,23-/m0/s1. The van der Waals surface area contributed by atoms with E-state index in [1.54, 1.807) is 0 Å². The van der Waals surface area contributed by atoms with Crippen LogP contribution in [0.3, 0.4) is 0 Å². The van der Waals surface area contributed by atoms with Crippen LogP contribution in [0.5, 0.6) is 0 Å². The van der Waals surface area contributed by atoms with Crippen LogP contribution in [0, 0.1) is 5.92 Å². The highest BCUT2D eigenvalue weighted by atomic mass is 32.2.